The molecule has 0 atom stereocenters. The van der Waals surface area contributed by atoms with E-state index in [1.165, 1.54) is 7.11 Å². The van der Waals surface area contributed by atoms with Gasteiger partial charge >= 0.3 is 6.09 Å². The van der Waals surface area contributed by atoms with Gasteiger partial charge in [0.15, 0.2) is 0 Å². The number of hydrogen-bond donors (Lipinski definition) is 1. The molecule has 5 heteroatoms. The van der Waals surface area contributed by atoms with Crippen LogP contribution < -0.4 is 10.9 Å². The van der Waals surface area contributed by atoms with Crippen LogP contribution in [-0.4, -0.2) is 13.2 Å². The number of nitrogens with zero attached hydrogens (tertiary/aromatic N) is 1. The third-order valence-electron chi connectivity index (χ3n) is 1.48. The quantitative estimate of drug-likeness (QED) is 0.371. The molecule has 2 N–H and O–H groups in total. The van der Waals surface area contributed by atoms with Crippen molar-refractivity contribution in [1.29, 1.82) is 0 Å². The summed E-state index contributed by atoms with van der Waals surface area (Å²) in [5, 5.41) is 0.954. The van der Waals surface area contributed by atoms with Gasteiger partial charge < -0.3 is 4.74 Å². The molecule has 0 radical (unpaired) electrons. The molecular formula is C8H9IN2O2. The molecule has 13 heavy (non-hydrogen) atoms. The molecule has 0 fully saturated rings. The minimum atomic E-state index is -0.582. The number of nitrogens with two attached hydrogens (primary N) is 1. The Morgan fingerprint density at radius 2 is 2.00 bits per heavy atom. The van der Waals surface area contributed by atoms with Crippen molar-refractivity contribution in [2.45, 2.75) is 0 Å². The number of methoxy groups -OCH3 is 1. The van der Waals surface area contributed by atoms with Crippen molar-refractivity contribution in [2.75, 3.05) is 12.1 Å². The van der Waals surface area contributed by atoms with E-state index in [-0.39, 0.29) is 0 Å². The predicted molar refractivity (Wildman–Crippen MR) is 58.2 cm³/mol. The maximum Gasteiger partial charge on any atom is 0.428 e. The molecule has 0 bridgehead atoms. The molecule has 0 aliphatic carbocycles. The molecule has 0 heterocycles. The Bertz CT molecular complexity index is 300. The Morgan fingerprint density at radius 1 is 1.46 bits per heavy atom. The van der Waals surface area contributed by atoms with E-state index in [4.69, 9.17) is 5.84 Å². The number of halogens is 1. The average Bonchev–Trinajstić information content (AvgIpc) is 2.17. The van der Waals surface area contributed by atoms with Gasteiger partial charge in [0.05, 0.1) is 12.8 Å². The first-order chi connectivity index (χ1) is 6.15. The summed E-state index contributed by atoms with van der Waals surface area (Å²) in [6.07, 6.45) is -0.582. The van der Waals surface area contributed by atoms with E-state index in [9.17, 15) is 4.79 Å². The fourth-order valence-electron chi connectivity index (χ4n) is 0.805. The van der Waals surface area contributed by atoms with Crippen molar-refractivity contribution in [3.8, 4) is 0 Å². The van der Waals surface area contributed by atoms with Gasteiger partial charge in [-0.2, -0.15) is 0 Å². The van der Waals surface area contributed by atoms with E-state index in [1.807, 2.05) is 12.1 Å². The normalized spacial score (nSPS) is 9.46. The van der Waals surface area contributed by atoms with Crippen LogP contribution in [0.5, 0.6) is 0 Å². The summed E-state index contributed by atoms with van der Waals surface area (Å²) in [4.78, 5) is 11.0. The minimum absolute atomic E-state index is 0.582. The van der Waals surface area contributed by atoms with Gasteiger partial charge in [-0.15, -0.1) is 0 Å². The topological polar surface area (TPSA) is 55.6 Å². The van der Waals surface area contributed by atoms with E-state index in [0.717, 1.165) is 8.58 Å². The SMILES string of the molecule is COC(=O)N(N)c1ccc(I)cc1. The second kappa shape index (κ2) is 4.43. The van der Waals surface area contributed by atoms with E-state index in [2.05, 4.69) is 27.3 Å². The third kappa shape index (κ3) is 2.56. The molecule has 1 aromatic carbocycles. The zero-order chi connectivity index (χ0) is 9.84. The molecule has 70 valence electrons. The summed E-state index contributed by atoms with van der Waals surface area (Å²) in [5.74, 6) is 5.46. The van der Waals surface area contributed by atoms with Crippen LogP contribution in [0.2, 0.25) is 0 Å². The highest BCUT2D eigenvalue weighted by Gasteiger charge is 2.10. The van der Waals surface area contributed by atoms with Gasteiger partial charge in [0.1, 0.15) is 0 Å². The predicted octanol–water partition coefficient (Wildman–Crippen LogP) is 1.74. The van der Waals surface area contributed by atoms with Crippen LogP contribution in [0, 0.1) is 3.57 Å². The molecule has 0 aliphatic rings. The monoisotopic (exact) mass is 292 g/mol. The highest BCUT2D eigenvalue weighted by Crippen LogP contribution is 2.14. The van der Waals surface area contributed by atoms with Gasteiger partial charge in [0.2, 0.25) is 0 Å². The number of benzene rings is 1. The lowest BCUT2D eigenvalue weighted by atomic mass is 10.3. The number of hydrogen-bond acceptors (Lipinski definition) is 3. The van der Waals surface area contributed by atoms with Gasteiger partial charge in [-0.1, -0.05) is 0 Å². The number of amides is 1. The molecule has 0 saturated carbocycles. The Hall–Kier alpha value is -0.820. The van der Waals surface area contributed by atoms with Crippen molar-refractivity contribution < 1.29 is 9.53 Å². The number of rotatable bonds is 1. The lowest BCUT2D eigenvalue weighted by Crippen LogP contribution is -2.37. The molecule has 0 saturated heterocycles. The molecular weight excluding hydrogens is 283 g/mol. The Morgan fingerprint density at radius 3 is 2.46 bits per heavy atom. The molecule has 4 nitrogen and oxygen atoms in total. The van der Waals surface area contributed by atoms with Gasteiger partial charge in [-0.25, -0.2) is 15.6 Å². The fourth-order valence-corrected chi connectivity index (χ4v) is 1.17. The van der Waals surface area contributed by atoms with Crippen LogP contribution in [0.4, 0.5) is 10.5 Å². The average molecular weight is 292 g/mol. The van der Waals surface area contributed by atoms with Crippen molar-refractivity contribution in [3.63, 3.8) is 0 Å². The van der Waals surface area contributed by atoms with E-state index in [1.54, 1.807) is 12.1 Å². The number of carbonyl (C=O) groups excluding carboxylic acids is 1. The van der Waals surface area contributed by atoms with Gasteiger partial charge in [0, 0.05) is 3.57 Å². The summed E-state index contributed by atoms with van der Waals surface area (Å²) in [6.45, 7) is 0. The largest absolute Gasteiger partial charge is 0.452 e. The van der Waals surface area contributed by atoms with Gasteiger partial charge in [-0.3, -0.25) is 0 Å². The lowest BCUT2D eigenvalue weighted by molar-refractivity contribution is 0.178. The second-order valence-corrected chi connectivity index (χ2v) is 3.56. The van der Waals surface area contributed by atoms with E-state index in [0.29, 0.717) is 5.69 Å². The molecule has 1 rings (SSSR count). The maximum absolute atomic E-state index is 11.0. The first kappa shape index (κ1) is 10.3. The first-order valence-electron chi connectivity index (χ1n) is 3.53. The van der Waals surface area contributed by atoms with Crippen molar-refractivity contribution in [3.05, 3.63) is 27.8 Å². The number of ether oxygens (including phenoxy) is 1. The zero-order valence-electron chi connectivity index (χ0n) is 7.03. The summed E-state index contributed by atoms with van der Waals surface area (Å²) < 4.78 is 5.54. The number of anilines is 1. The van der Waals surface area contributed by atoms with E-state index < -0.39 is 6.09 Å². The molecule has 1 aromatic rings. The van der Waals surface area contributed by atoms with Crippen molar-refractivity contribution in [1.82, 2.24) is 0 Å². The van der Waals surface area contributed by atoms with Crippen molar-refractivity contribution in [2.24, 2.45) is 5.84 Å². The van der Waals surface area contributed by atoms with Crippen molar-refractivity contribution >= 4 is 34.4 Å². The number of carbonyl (C=O) groups is 1. The smallest absolute Gasteiger partial charge is 0.428 e. The minimum Gasteiger partial charge on any atom is -0.452 e. The highest BCUT2D eigenvalue weighted by atomic mass is 127. The van der Waals surface area contributed by atoms with Crippen LogP contribution in [-0.2, 0) is 4.74 Å². The molecule has 0 spiro atoms. The highest BCUT2D eigenvalue weighted by molar-refractivity contribution is 14.1. The molecule has 1 amide bonds. The maximum atomic E-state index is 11.0. The third-order valence-corrected chi connectivity index (χ3v) is 2.20. The standard InChI is InChI=1S/C8H9IN2O2/c1-13-8(12)11(10)7-4-2-6(9)3-5-7/h2-5H,10H2,1H3. The lowest BCUT2D eigenvalue weighted by Gasteiger charge is -2.14. The summed E-state index contributed by atoms with van der Waals surface area (Å²) in [5.41, 5.74) is 0.604. The Labute approximate surface area is 89.8 Å². The second-order valence-electron chi connectivity index (χ2n) is 2.32. The summed E-state index contributed by atoms with van der Waals surface area (Å²) in [7, 11) is 1.29. The fraction of sp³-hybridized carbons (Fsp3) is 0.125. The van der Waals surface area contributed by atoms with Gasteiger partial charge in [-0.05, 0) is 46.9 Å². The van der Waals surface area contributed by atoms with Crippen LogP contribution in [0.3, 0.4) is 0 Å². The summed E-state index contributed by atoms with van der Waals surface area (Å²) in [6, 6.07) is 7.22. The molecule has 0 unspecified atom stereocenters. The van der Waals surface area contributed by atoms with Crippen LogP contribution in [0.1, 0.15) is 0 Å². The molecule has 0 aromatic heterocycles. The first-order valence-corrected chi connectivity index (χ1v) is 4.61. The van der Waals surface area contributed by atoms with E-state index >= 15 is 0 Å². The summed E-state index contributed by atoms with van der Waals surface area (Å²) >= 11 is 2.17. The van der Waals surface area contributed by atoms with Crippen LogP contribution >= 0.6 is 22.6 Å². The Kier molecular flexibility index (Phi) is 3.49. The van der Waals surface area contributed by atoms with Crippen LogP contribution in [0.15, 0.2) is 24.3 Å². The zero-order valence-corrected chi connectivity index (χ0v) is 9.19. The van der Waals surface area contributed by atoms with Crippen LogP contribution in [0.25, 0.3) is 0 Å². The number of hydrazine groups is 1. The molecule has 0 aliphatic heterocycles. The van der Waals surface area contributed by atoms with Gasteiger partial charge in [0.25, 0.3) is 0 Å². The Balaban J connectivity index is 2.83.